The lowest BCUT2D eigenvalue weighted by Crippen LogP contribution is -2.40. The Kier molecular flexibility index (Phi) is 4.11. The minimum atomic E-state index is -1.71. The van der Waals surface area contributed by atoms with Gasteiger partial charge in [0.05, 0.1) is 12.3 Å². The maximum Gasteiger partial charge on any atom is 0.192 e. The number of nitrogens with zero attached hydrogens (tertiary/aromatic N) is 1. The number of hydrogen-bond donors (Lipinski definition) is 1. The lowest BCUT2D eigenvalue weighted by Gasteiger charge is -2.36. The smallest absolute Gasteiger partial charge is 0.192 e. The van der Waals surface area contributed by atoms with E-state index in [0.29, 0.717) is 6.61 Å². The van der Waals surface area contributed by atoms with Gasteiger partial charge >= 0.3 is 0 Å². The molecule has 0 aliphatic heterocycles. The summed E-state index contributed by atoms with van der Waals surface area (Å²) in [6, 6.07) is 3.98. The van der Waals surface area contributed by atoms with Crippen molar-refractivity contribution in [2.75, 3.05) is 0 Å². The average Bonchev–Trinajstić information content (AvgIpc) is 2.33. The Hall–Kier alpha value is -0.713. The van der Waals surface area contributed by atoms with Gasteiger partial charge in [0.15, 0.2) is 8.32 Å². The van der Waals surface area contributed by atoms with Crippen molar-refractivity contribution in [3.8, 4) is 0 Å². The van der Waals surface area contributed by atoms with Crippen molar-refractivity contribution in [2.24, 2.45) is 0 Å². The van der Waals surface area contributed by atoms with Crippen LogP contribution in [0.2, 0.25) is 18.1 Å². The summed E-state index contributed by atoms with van der Waals surface area (Å²) in [5, 5.41) is 10.5. The second-order valence-electron chi connectivity index (χ2n) is 7.49. The highest BCUT2D eigenvalue weighted by Gasteiger charge is 2.38. The van der Waals surface area contributed by atoms with Gasteiger partial charge in [-0.3, -0.25) is 4.98 Å². The molecule has 0 bridgehead atoms. The second kappa shape index (κ2) is 5.24. The molecule has 1 N–H and O–H groups in total. The predicted octanol–water partition coefficient (Wildman–Crippen LogP) is 3.97. The van der Waals surface area contributed by atoms with Gasteiger partial charge in [0.25, 0.3) is 0 Å². The van der Waals surface area contributed by atoms with Gasteiger partial charge in [-0.25, -0.2) is 0 Å². The fourth-order valence-electron chi connectivity index (χ4n) is 2.03. The summed E-state index contributed by atoms with van der Waals surface area (Å²) in [5.74, 6) is 0. The lowest BCUT2D eigenvalue weighted by molar-refractivity contribution is -0.0426. The zero-order valence-corrected chi connectivity index (χ0v) is 14.4. The summed E-state index contributed by atoms with van der Waals surface area (Å²) in [6.07, 6.45) is 4.60. The molecule has 0 aromatic carbocycles. The molecule has 3 nitrogen and oxygen atoms in total. The molecule has 4 heteroatoms. The van der Waals surface area contributed by atoms with Crippen LogP contribution in [0.5, 0.6) is 0 Å². The first kappa shape index (κ1) is 15.7. The van der Waals surface area contributed by atoms with Crippen LogP contribution in [0.3, 0.4) is 0 Å². The van der Waals surface area contributed by atoms with Crippen molar-refractivity contribution in [1.82, 2.24) is 4.98 Å². The first-order valence-corrected chi connectivity index (χ1v) is 10.4. The monoisotopic (exact) mass is 293 g/mol. The van der Waals surface area contributed by atoms with Crippen molar-refractivity contribution in [3.63, 3.8) is 0 Å². The Morgan fingerprint density at radius 2 is 1.95 bits per heavy atom. The van der Waals surface area contributed by atoms with E-state index in [1.807, 2.05) is 18.3 Å². The molecule has 2 rings (SSSR count). The fourth-order valence-corrected chi connectivity index (χ4v) is 2.99. The van der Waals surface area contributed by atoms with Crippen LogP contribution in [0, 0.1) is 0 Å². The Morgan fingerprint density at radius 3 is 2.35 bits per heavy atom. The van der Waals surface area contributed by atoms with E-state index in [-0.39, 0.29) is 5.04 Å². The summed E-state index contributed by atoms with van der Waals surface area (Å²) in [6.45, 7) is 11.9. The van der Waals surface area contributed by atoms with Crippen molar-refractivity contribution in [3.05, 3.63) is 29.6 Å². The summed E-state index contributed by atoms with van der Waals surface area (Å²) in [4.78, 5) is 4.42. The topological polar surface area (TPSA) is 42.4 Å². The zero-order chi connectivity index (χ0) is 15.0. The molecule has 1 fully saturated rings. The molecule has 0 atom stereocenters. The van der Waals surface area contributed by atoms with Crippen LogP contribution in [0.1, 0.15) is 51.3 Å². The average molecular weight is 293 g/mol. The molecule has 1 saturated carbocycles. The number of hydrogen-bond acceptors (Lipinski definition) is 3. The number of aliphatic hydroxyl groups is 1. The Labute approximate surface area is 123 Å². The fraction of sp³-hybridized carbons (Fsp3) is 0.688. The van der Waals surface area contributed by atoms with Crippen LogP contribution in [0.25, 0.3) is 0 Å². The Bertz CT molecular complexity index is 458. The highest BCUT2D eigenvalue weighted by Crippen LogP contribution is 2.40. The van der Waals surface area contributed by atoms with Crippen LogP contribution < -0.4 is 0 Å². The van der Waals surface area contributed by atoms with Crippen molar-refractivity contribution >= 4 is 8.32 Å². The van der Waals surface area contributed by atoms with Gasteiger partial charge in [0.1, 0.15) is 5.60 Å². The highest BCUT2D eigenvalue weighted by molar-refractivity contribution is 6.74. The lowest BCUT2D eigenvalue weighted by atomic mass is 9.77. The molecule has 0 saturated heterocycles. The molecule has 1 aliphatic carbocycles. The van der Waals surface area contributed by atoms with Crippen LogP contribution >= 0.6 is 0 Å². The molecular formula is C16H27NO2Si. The Morgan fingerprint density at radius 1 is 1.30 bits per heavy atom. The van der Waals surface area contributed by atoms with Crippen molar-refractivity contribution in [2.45, 2.75) is 70.4 Å². The standard InChI is InChI=1S/C16H27NO2Si/c1-15(2,3)20(4,5)19-12-13-7-8-14(17-11-13)16(18)9-6-10-16/h7-8,11,18H,6,9-10,12H2,1-5H3. The molecule has 1 aromatic rings. The van der Waals surface area contributed by atoms with Gasteiger partial charge in [-0.1, -0.05) is 26.8 Å². The first-order valence-electron chi connectivity index (χ1n) is 7.46. The largest absolute Gasteiger partial charge is 0.413 e. The van der Waals surface area contributed by atoms with Crippen LogP contribution in [-0.4, -0.2) is 18.4 Å². The SMILES string of the molecule is CC(C)(C)[Si](C)(C)OCc1ccc(C2(O)CCC2)nc1. The highest BCUT2D eigenvalue weighted by atomic mass is 28.4. The zero-order valence-electron chi connectivity index (χ0n) is 13.4. The molecule has 0 amide bonds. The normalized spacial score (nSPS) is 18.7. The van der Waals surface area contributed by atoms with Crippen LogP contribution in [0.4, 0.5) is 0 Å². The van der Waals surface area contributed by atoms with Crippen molar-refractivity contribution in [1.29, 1.82) is 0 Å². The molecule has 1 heterocycles. The van der Waals surface area contributed by atoms with Gasteiger partial charge in [0, 0.05) is 6.20 Å². The van der Waals surface area contributed by atoms with Gasteiger partial charge in [-0.05, 0) is 49.0 Å². The van der Waals surface area contributed by atoms with E-state index in [1.165, 1.54) is 0 Å². The molecule has 0 radical (unpaired) electrons. The second-order valence-corrected chi connectivity index (χ2v) is 12.3. The van der Waals surface area contributed by atoms with Crippen LogP contribution in [0.15, 0.2) is 18.3 Å². The van der Waals surface area contributed by atoms with E-state index >= 15 is 0 Å². The summed E-state index contributed by atoms with van der Waals surface area (Å²) in [7, 11) is -1.71. The minimum absolute atomic E-state index is 0.224. The van der Waals surface area contributed by atoms with E-state index in [9.17, 15) is 5.11 Å². The molecule has 112 valence electrons. The van der Waals surface area contributed by atoms with E-state index < -0.39 is 13.9 Å². The summed E-state index contributed by atoms with van der Waals surface area (Å²) >= 11 is 0. The predicted molar refractivity (Wildman–Crippen MR) is 84.0 cm³/mol. The Balaban J connectivity index is 1.98. The van der Waals surface area contributed by atoms with E-state index in [4.69, 9.17) is 4.43 Å². The molecule has 1 aromatic heterocycles. The maximum absolute atomic E-state index is 10.3. The van der Waals surface area contributed by atoms with Crippen molar-refractivity contribution < 1.29 is 9.53 Å². The van der Waals surface area contributed by atoms with Gasteiger partial charge in [-0.15, -0.1) is 0 Å². The third-order valence-corrected chi connectivity index (χ3v) is 9.37. The van der Waals surface area contributed by atoms with E-state index in [1.54, 1.807) is 0 Å². The number of pyridine rings is 1. The molecule has 20 heavy (non-hydrogen) atoms. The first-order chi connectivity index (χ1) is 9.14. The molecular weight excluding hydrogens is 266 g/mol. The number of rotatable bonds is 4. The van der Waals surface area contributed by atoms with E-state index in [2.05, 4.69) is 38.8 Å². The quantitative estimate of drug-likeness (QED) is 0.854. The van der Waals surface area contributed by atoms with Crippen LogP contribution in [-0.2, 0) is 16.6 Å². The third kappa shape index (κ3) is 3.13. The minimum Gasteiger partial charge on any atom is -0.413 e. The maximum atomic E-state index is 10.3. The van der Waals surface area contributed by atoms with Gasteiger partial charge < -0.3 is 9.53 Å². The third-order valence-electron chi connectivity index (χ3n) is 4.89. The summed E-state index contributed by atoms with van der Waals surface area (Å²) in [5.41, 5.74) is 1.22. The molecule has 1 aliphatic rings. The number of aromatic nitrogens is 1. The van der Waals surface area contributed by atoms with E-state index in [0.717, 1.165) is 30.5 Å². The van der Waals surface area contributed by atoms with Gasteiger partial charge in [-0.2, -0.15) is 0 Å². The summed E-state index contributed by atoms with van der Waals surface area (Å²) < 4.78 is 6.18. The van der Waals surface area contributed by atoms with Gasteiger partial charge in [0.2, 0.25) is 0 Å². The molecule has 0 spiro atoms. The molecule has 0 unspecified atom stereocenters.